The van der Waals surface area contributed by atoms with Crippen LogP contribution >= 0.6 is 0 Å². The number of nitriles is 1. The second-order valence-corrected chi connectivity index (χ2v) is 4.61. The predicted molar refractivity (Wildman–Crippen MR) is 78.7 cm³/mol. The van der Waals surface area contributed by atoms with Crippen LogP contribution in [0.3, 0.4) is 0 Å². The van der Waals surface area contributed by atoms with E-state index in [0.29, 0.717) is 25.6 Å². The lowest BCUT2D eigenvalue weighted by Crippen LogP contribution is -2.09. The van der Waals surface area contributed by atoms with Crippen molar-refractivity contribution in [3.63, 3.8) is 0 Å². The summed E-state index contributed by atoms with van der Waals surface area (Å²) in [6.45, 7) is 3.30. The highest BCUT2D eigenvalue weighted by molar-refractivity contribution is 5.55. The van der Waals surface area contributed by atoms with Crippen LogP contribution in [0, 0.1) is 18.3 Å². The molecular formula is C15H18N4O2. The lowest BCUT2D eigenvalue weighted by atomic mass is 10.1. The Hall–Kier alpha value is -2.52. The van der Waals surface area contributed by atoms with E-state index in [1.807, 2.05) is 37.3 Å². The monoisotopic (exact) mass is 286 g/mol. The Balaban J connectivity index is 2.16. The molecule has 0 fully saturated rings. The molecule has 2 N–H and O–H groups in total. The standard InChI is InChI=1S/C15H18N4O2/c1-11-5-3-4-6-12(11)10-21-15-13(9-16)14(17)19(18-15)7-8-20-2/h3-6H,7-8,10,17H2,1-2H3. The second kappa shape index (κ2) is 6.77. The van der Waals surface area contributed by atoms with Crippen LogP contribution in [-0.2, 0) is 17.9 Å². The number of nitrogen functional groups attached to an aromatic ring is 1. The summed E-state index contributed by atoms with van der Waals surface area (Å²) in [5.41, 5.74) is 8.34. The van der Waals surface area contributed by atoms with Crippen LogP contribution in [0.2, 0.25) is 0 Å². The molecular weight excluding hydrogens is 268 g/mol. The van der Waals surface area contributed by atoms with E-state index in [4.69, 9.17) is 15.2 Å². The van der Waals surface area contributed by atoms with Gasteiger partial charge in [-0.3, -0.25) is 0 Å². The lowest BCUT2D eigenvalue weighted by molar-refractivity contribution is 0.183. The van der Waals surface area contributed by atoms with Crippen molar-refractivity contribution >= 4 is 5.82 Å². The van der Waals surface area contributed by atoms with E-state index in [2.05, 4.69) is 5.10 Å². The summed E-state index contributed by atoms with van der Waals surface area (Å²) >= 11 is 0. The van der Waals surface area contributed by atoms with Gasteiger partial charge in [0, 0.05) is 7.11 Å². The van der Waals surface area contributed by atoms with Crippen LogP contribution in [-0.4, -0.2) is 23.5 Å². The molecule has 0 amide bonds. The Bertz CT molecular complexity index is 658. The van der Waals surface area contributed by atoms with Crippen LogP contribution in [0.5, 0.6) is 5.88 Å². The summed E-state index contributed by atoms with van der Waals surface area (Å²) in [5.74, 6) is 0.559. The summed E-state index contributed by atoms with van der Waals surface area (Å²) < 4.78 is 12.2. The fourth-order valence-electron chi connectivity index (χ4n) is 1.92. The zero-order valence-corrected chi connectivity index (χ0v) is 12.2. The van der Waals surface area contributed by atoms with Gasteiger partial charge in [0.25, 0.3) is 5.88 Å². The summed E-state index contributed by atoms with van der Waals surface area (Å²) in [5, 5.41) is 13.4. The van der Waals surface area contributed by atoms with E-state index in [0.717, 1.165) is 11.1 Å². The second-order valence-electron chi connectivity index (χ2n) is 4.61. The van der Waals surface area contributed by atoms with Crippen molar-refractivity contribution in [2.24, 2.45) is 0 Å². The van der Waals surface area contributed by atoms with Crippen LogP contribution in [0.1, 0.15) is 16.7 Å². The number of anilines is 1. The van der Waals surface area contributed by atoms with Crippen LogP contribution < -0.4 is 10.5 Å². The molecule has 0 bridgehead atoms. The molecule has 110 valence electrons. The Morgan fingerprint density at radius 2 is 2.14 bits per heavy atom. The topological polar surface area (TPSA) is 86.1 Å². The molecule has 0 radical (unpaired) electrons. The average Bonchev–Trinajstić information content (AvgIpc) is 2.79. The zero-order valence-electron chi connectivity index (χ0n) is 12.2. The number of aryl methyl sites for hydroxylation is 1. The third-order valence-electron chi connectivity index (χ3n) is 3.20. The number of benzene rings is 1. The predicted octanol–water partition coefficient (Wildman–Crippen LogP) is 1.87. The first-order valence-corrected chi connectivity index (χ1v) is 6.60. The SMILES string of the molecule is COCCn1nc(OCc2ccccc2C)c(C#N)c1N. The molecule has 1 heterocycles. The molecule has 0 atom stereocenters. The number of ether oxygens (including phenoxy) is 2. The van der Waals surface area contributed by atoms with Crippen molar-refractivity contribution in [3.05, 3.63) is 41.0 Å². The van der Waals surface area contributed by atoms with Crippen molar-refractivity contribution in [3.8, 4) is 11.9 Å². The van der Waals surface area contributed by atoms with Gasteiger partial charge >= 0.3 is 0 Å². The molecule has 0 spiro atoms. The Labute approximate surface area is 123 Å². The minimum absolute atomic E-state index is 0.259. The molecule has 2 rings (SSSR count). The molecule has 1 aromatic carbocycles. The van der Waals surface area contributed by atoms with Crippen molar-refractivity contribution < 1.29 is 9.47 Å². The molecule has 0 unspecified atom stereocenters. The summed E-state index contributed by atoms with van der Waals surface area (Å²) in [6, 6.07) is 9.94. The minimum atomic E-state index is 0.259. The Morgan fingerprint density at radius 1 is 1.38 bits per heavy atom. The van der Waals surface area contributed by atoms with Gasteiger partial charge in [0.1, 0.15) is 18.5 Å². The largest absolute Gasteiger partial charge is 0.471 e. The van der Waals surface area contributed by atoms with Gasteiger partial charge < -0.3 is 15.2 Å². The fraction of sp³-hybridized carbons (Fsp3) is 0.333. The van der Waals surface area contributed by atoms with Gasteiger partial charge in [0.2, 0.25) is 0 Å². The molecule has 0 aliphatic heterocycles. The van der Waals surface area contributed by atoms with E-state index in [1.54, 1.807) is 7.11 Å². The van der Waals surface area contributed by atoms with E-state index in [1.165, 1.54) is 4.68 Å². The smallest absolute Gasteiger partial charge is 0.253 e. The third kappa shape index (κ3) is 3.33. The summed E-state index contributed by atoms with van der Waals surface area (Å²) in [7, 11) is 1.60. The summed E-state index contributed by atoms with van der Waals surface area (Å²) in [6.07, 6.45) is 0. The molecule has 1 aromatic heterocycles. The highest BCUT2D eigenvalue weighted by atomic mass is 16.5. The fourth-order valence-corrected chi connectivity index (χ4v) is 1.92. The number of hydrogen-bond acceptors (Lipinski definition) is 5. The first-order chi connectivity index (χ1) is 10.2. The van der Waals surface area contributed by atoms with Gasteiger partial charge in [0.05, 0.1) is 13.2 Å². The quantitative estimate of drug-likeness (QED) is 0.876. The Morgan fingerprint density at radius 3 is 2.81 bits per heavy atom. The number of aromatic nitrogens is 2. The van der Waals surface area contributed by atoms with E-state index < -0.39 is 0 Å². The number of nitrogens with two attached hydrogens (primary N) is 1. The molecule has 6 nitrogen and oxygen atoms in total. The van der Waals surface area contributed by atoms with Crippen LogP contribution in [0.25, 0.3) is 0 Å². The van der Waals surface area contributed by atoms with Gasteiger partial charge in [-0.2, -0.15) is 5.26 Å². The molecule has 21 heavy (non-hydrogen) atoms. The van der Waals surface area contributed by atoms with Crippen molar-refractivity contribution in [1.29, 1.82) is 5.26 Å². The molecule has 0 saturated carbocycles. The van der Waals surface area contributed by atoms with Gasteiger partial charge in [-0.15, -0.1) is 5.10 Å². The van der Waals surface area contributed by atoms with E-state index in [-0.39, 0.29) is 11.4 Å². The minimum Gasteiger partial charge on any atom is -0.471 e. The maximum Gasteiger partial charge on any atom is 0.253 e. The van der Waals surface area contributed by atoms with Crippen molar-refractivity contribution in [1.82, 2.24) is 9.78 Å². The van der Waals surface area contributed by atoms with E-state index >= 15 is 0 Å². The first kappa shape index (κ1) is 14.9. The van der Waals surface area contributed by atoms with E-state index in [9.17, 15) is 5.26 Å². The number of methoxy groups -OCH3 is 1. The first-order valence-electron chi connectivity index (χ1n) is 6.60. The average molecular weight is 286 g/mol. The normalized spacial score (nSPS) is 10.3. The molecule has 0 aliphatic carbocycles. The number of hydrogen-bond donors (Lipinski definition) is 1. The number of nitrogens with zero attached hydrogens (tertiary/aromatic N) is 3. The van der Waals surface area contributed by atoms with Crippen LogP contribution in [0.4, 0.5) is 5.82 Å². The van der Waals surface area contributed by atoms with Crippen LogP contribution in [0.15, 0.2) is 24.3 Å². The highest BCUT2D eigenvalue weighted by Gasteiger charge is 2.16. The lowest BCUT2D eigenvalue weighted by Gasteiger charge is -2.06. The Kier molecular flexibility index (Phi) is 4.80. The summed E-state index contributed by atoms with van der Waals surface area (Å²) in [4.78, 5) is 0. The molecule has 2 aromatic rings. The maximum absolute atomic E-state index is 9.20. The molecule has 0 saturated heterocycles. The van der Waals surface area contributed by atoms with Gasteiger partial charge in [-0.1, -0.05) is 24.3 Å². The van der Waals surface area contributed by atoms with Crippen molar-refractivity contribution in [2.45, 2.75) is 20.1 Å². The highest BCUT2D eigenvalue weighted by Crippen LogP contribution is 2.24. The van der Waals surface area contributed by atoms with Crippen molar-refractivity contribution in [2.75, 3.05) is 19.5 Å². The van der Waals surface area contributed by atoms with Gasteiger partial charge in [-0.25, -0.2) is 4.68 Å². The maximum atomic E-state index is 9.20. The van der Waals surface area contributed by atoms with Gasteiger partial charge in [-0.05, 0) is 18.1 Å². The molecule has 6 heteroatoms. The number of rotatable bonds is 6. The molecule has 0 aliphatic rings. The van der Waals surface area contributed by atoms with Gasteiger partial charge in [0.15, 0.2) is 5.56 Å². The zero-order chi connectivity index (χ0) is 15.2. The third-order valence-corrected chi connectivity index (χ3v) is 3.20.